The molecule has 2 aromatic rings. The summed E-state index contributed by atoms with van der Waals surface area (Å²) in [5.41, 5.74) is 2.49. The van der Waals surface area contributed by atoms with Crippen LogP contribution in [-0.4, -0.2) is 16.1 Å². The molecular formula is C15H16ClN3O. The molecule has 0 bridgehead atoms. The Hall–Kier alpha value is -1.81. The molecule has 1 aromatic carbocycles. The summed E-state index contributed by atoms with van der Waals surface area (Å²) in [6.07, 6.45) is 3.45. The Morgan fingerprint density at radius 2 is 2.20 bits per heavy atom. The van der Waals surface area contributed by atoms with E-state index < -0.39 is 5.41 Å². The van der Waals surface area contributed by atoms with Gasteiger partial charge in [0.15, 0.2) is 0 Å². The molecule has 2 N–H and O–H groups in total. The summed E-state index contributed by atoms with van der Waals surface area (Å²) in [5.74, 6) is 0.0474. The number of benzene rings is 1. The predicted octanol–water partition coefficient (Wildman–Crippen LogP) is 2.72. The van der Waals surface area contributed by atoms with Gasteiger partial charge in [0, 0.05) is 22.8 Å². The van der Waals surface area contributed by atoms with Crippen molar-refractivity contribution in [2.45, 2.75) is 31.7 Å². The fourth-order valence-corrected chi connectivity index (χ4v) is 2.81. The van der Waals surface area contributed by atoms with E-state index in [1.165, 1.54) is 0 Å². The molecular weight excluding hydrogens is 274 g/mol. The monoisotopic (exact) mass is 289 g/mol. The van der Waals surface area contributed by atoms with Crippen molar-refractivity contribution in [2.75, 3.05) is 0 Å². The molecule has 0 unspecified atom stereocenters. The molecule has 1 aromatic heterocycles. The summed E-state index contributed by atoms with van der Waals surface area (Å²) >= 11 is 6.22. The minimum atomic E-state index is -0.435. The highest BCUT2D eigenvalue weighted by atomic mass is 35.5. The summed E-state index contributed by atoms with van der Waals surface area (Å²) < 4.78 is 0. The lowest BCUT2D eigenvalue weighted by Crippen LogP contribution is -2.34. The minimum absolute atomic E-state index is 0.0474. The first-order chi connectivity index (χ1) is 9.63. The second-order valence-electron chi connectivity index (χ2n) is 5.26. The molecule has 1 aliphatic carbocycles. The Labute approximate surface area is 122 Å². The first kappa shape index (κ1) is 13.2. The summed E-state index contributed by atoms with van der Waals surface area (Å²) in [7, 11) is 0. The number of hydrogen-bond donors (Lipinski definition) is 2. The van der Waals surface area contributed by atoms with Crippen molar-refractivity contribution >= 4 is 17.5 Å². The lowest BCUT2D eigenvalue weighted by molar-refractivity contribution is -0.123. The van der Waals surface area contributed by atoms with E-state index in [-0.39, 0.29) is 5.91 Å². The quantitative estimate of drug-likeness (QED) is 0.909. The van der Waals surface area contributed by atoms with Crippen LogP contribution in [0.1, 0.15) is 29.7 Å². The van der Waals surface area contributed by atoms with Gasteiger partial charge in [-0.15, -0.1) is 0 Å². The number of aromatic nitrogens is 2. The number of nitrogens with zero attached hydrogens (tertiary/aromatic N) is 1. The summed E-state index contributed by atoms with van der Waals surface area (Å²) in [5, 5.41) is 10.5. The van der Waals surface area contributed by atoms with Crippen molar-refractivity contribution in [3.63, 3.8) is 0 Å². The summed E-state index contributed by atoms with van der Waals surface area (Å²) in [6, 6.07) is 7.59. The van der Waals surface area contributed by atoms with E-state index in [9.17, 15) is 4.79 Å². The summed E-state index contributed by atoms with van der Waals surface area (Å²) in [6.45, 7) is 2.43. The van der Waals surface area contributed by atoms with Gasteiger partial charge in [0.2, 0.25) is 5.91 Å². The average Bonchev–Trinajstić information content (AvgIpc) is 3.15. The number of aromatic amines is 1. The zero-order valence-electron chi connectivity index (χ0n) is 11.2. The smallest absolute Gasteiger partial charge is 0.230 e. The lowest BCUT2D eigenvalue weighted by atomic mass is 9.95. The Morgan fingerprint density at radius 3 is 2.80 bits per heavy atom. The second kappa shape index (κ2) is 4.94. The van der Waals surface area contributed by atoms with E-state index in [1.54, 1.807) is 6.20 Å². The molecule has 0 saturated heterocycles. The van der Waals surface area contributed by atoms with Gasteiger partial charge in [0.05, 0.1) is 11.6 Å². The molecule has 0 atom stereocenters. The molecule has 1 aliphatic rings. The average molecular weight is 290 g/mol. The maximum Gasteiger partial charge on any atom is 0.230 e. The third-order valence-electron chi connectivity index (χ3n) is 3.95. The Morgan fingerprint density at radius 1 is 1.45 bits per heavy atom. The Bertz CT molecular complexity index is 646. The maximum atomic E-state index is 12.5. The van der Waals surface area contributed by atoms with Gasteiger partial charge in [0.25, 0.3) is 0 Å². The Kier molecular flexibility index (Phi) is 3.26. The number of nitrogens with one attached hydrogen (secondary N) is 2. The number of hydrogen-bond acceptors (Lipinski definition) is 2. The molecule has 20 heavy (non-hydrogen) atoms. The van der Waals surface area contributed by atoms with E-state index in [0.717, 1.165) is 29.7 Å². The van der Waals surface area contributed by atoms with Crippen molar-refractivity contribution < 1.29 is 4.79 Å². The third-order valence-corrected chi connectivity index (χ3v) is 4.28. The van der Waals surface area contributed by atoms with E-state index in [2.05, 4.69) is 15.5 Å². The third kappa shape index (κ3) is 2.20. The minimum Gasteiger partial charge on any atom is -0.351 e. The van der Waals surface area contributed by atoms with Gasteiger partial charge < -0.3 is 5.32 Å². The number of amides is 1. The molecule has 1 heterocycles. The van der Waals surface area contributed by atoms with Crippen LogP contribution in [0, 0.1) is 6.92 Å². The van der Waals surface area contributed by atoms with Crippen LogP contribution in [0.2, 0.25) is 5.02 Å². The van der Waals surface area contributed by atoms with Crippen LogP contribution >= 0.6 is 11.6 Å². The predicted molar refractivity (Wildman–Crippen MR) is 77.5 cm³/mol. The van der Waals surface area contributed by atoms with E-state index in [1.807, 2.05) is 31.2 Å². The topological polar surface area (TPSA) is 57.8 Å². The van der Waals surface area contributed by atoms with Crippen LogP contribution in [0.4, 0.5) is 0 Å². The highest BCUT2D eigenvalue weighted by Gasteiger charge is 2.52. The number of carbonyl (C=O) groups is 1. The van der Waals surface area contributed by atoms with Crippen molar-refractivity contribution in [2.24, 2.45) is 0 Å². The molecule has 1 fully saturated rings. The SMILES string of the molecule is Cc1[nH]ncc1CNC(=O)C1(c2ccccc2Cl)CC1. The van der Waals surface area contributed by atoms with Crippen LogP contribution < -0.4 is 5.32 Å². The van der Waals surface area contributed by atoms with Crippen molar-refractivity contribution in [1.82, 2.24) is 15.5 Å². The molecule has 0 radical (unpaired) electrons. The molecule has 5 heteroatoms. The molecule has 1 amide bonds. The zero-order chi connectivity index (χ0) is 14.2. The molecule has 0 aliphatic heterocycles. The van der Waals surface area contributed by atoms with Gasteiger partial charge in [0.1, 0.15) is 0 Å². The molecule has 0 spiro atoms. The van der Waals surface area contributed by atoms with E-state index in [4.69, 9.17) is 11.6 Å². The first-order valence-electron chi connectivity index (χ1n) is 6.66. The van der Waals surface area contributed by atoms with Crippen LogP contribution in [-0.2, 0) is 16.8 Å². The van der Waals surface area contributed by atoms with Gasteiger partial charge in [-0.05, 0) is 31.4 Å². The fraction of sp³-hybridized carbons (Fsp3) is 0.333. The van der Waals surface area contributed by atoms with Gasteiger partial charge >= 0.3 is 0 Å². The van der Waals surface area contributed by atoms with Crippen LogP contribution in [0.25, 0.3) is 0 Å². The van der Waals surface area contributed by atoms with E-state index >= 15 is 0 Å². The molecule has 4 nitrogen and oxygen atoms in total. The van der Waals surface area contributed by atoms with Crippen LogP contribution in [0.3, 0.4) is 0 Å². The highest BCUT2D eigenvalue weighted by Crippen LogP contribution is 2.50. The summed E-state index contributed by atoms with van der Waals surface area (Å²) in [4.78, 5) is 12.5. The Balaban J connectivity index is 1.74. The largest absolute Gasteiger partial charge is 0.351 e. The number of carbonyl (C=O) groups excluding carboxylic acids is 1. The van der Waals surface area contributed by atoms with Crippen LogP contribution in [0.15, 0.2) is 30.5 Å². The standard InChI is InChI=1S/C15H16ClN3O/c1-10-11(9-18-19-10)8-17-14(20)15(6-7-15)12-4-2-3-5-13(12)16/h2-5,9H,6-8H2,1H3,(H,17,20)(H,18,19). The zero-order valence-corrected chi connectivity index (χ0v) is 12.0. The van der Waals surface area contributed by atoms with Crippen LogP contribution in [0.5, 0.6) is 0 Å². The van der Waals surface area contributed by atoms with Gasteiger partial charge in [-0.3, -0.25) is 9.89 Å². The number of halogens is 1. The van der Waals surface area contributed by atoms with Crippen molar-refractivity contribution in [3.8, 4) is 0 Å². The van der Waals surface area contributed by atoms with Crippen molar-refractivity contribution in [1.29, 1.82) is 0 Å². The normalized spacial score (nSPS) is 15.9. The molecule has 1 saturated carbocycles. The lowest BCUT2D eigenvalue weighted by Gasteiger charge is -2.17. The fourth-order valence-electron chi connectivity index (χ4n) is 2.49. The molecule has 104 valence electrons. The van der Waals surface area contributed by atoms with Gasteiger partial charge in [-0.2, -0.15) is 5.10 Å². The molecule has 3 rings (SSSR count). The van der Waals surface area contributed by atoms with Crippen molar-refractivity contribution in [3.05, 3.63) is 52.3 Å². The maximum absolute atomic E-state index is 12.5. The second-order valence-corrected chi connectivity index (χ2v) is 5.67. The van der Waals surface area contributed by atoms with Gasteiger partial charge in [-0.25, -0.2) is 0 Å². The number of rotatable bonds is 4. The highest BCUT2D eigenvalue weighted by molar-refractivity contribution is 6.31. The van der Waals surface area contributed by atoms with E-state index in [0.29, 0.717) is 11.6 Å². The number of aryl methyl sites for hydroxylation is 1. The van der Waals surface area contributed by atoms with Gasteiger partial charge in [-0.1, -0.05) is 29.8 Å². The number of H-pyrrole nitrogens is 1. The first-order valence-corrected chi connectivity index (χ1v) is 7.03.